The normalized spacial score (nSPS) is 16.9. The van der Waals surface area contributed by atoms with Crippen molar-refractivity contribution >= 4 is 37.4 Å². The minimum atomic E-state index is -4.30. The zero-order chi connectivity index (χ0) is 23.0. The Labute approximate surface area is 191 Å². The molecule has 0 N–H and O–H groups in total. The van der Waals surface area contributed by atoms with Crippen LogP contribution in [0.1, 0.15) is 51.9 Å². The molecule has 0 atom stereocenters. The van der Waals surface area contributed by atoms with Crippen LogP contribution in [0.4, 0.5) is 0 Å². The summed E-state index contributed by atoms with van der Waals surface area (Å²) in [5.74, 6) is 2.12. The van der Waals surface area contributed by atoms with Crippen molar-refractivity contribution in [3.8, 4) is 5.75 Å². The van der Waals surface area contributed by atoms with E-state index in [1.54, 1.807) is 12.1 Å². The van der Waals surface area contributed by atoms with Gasteiger partial charge in [-0.25, -0.2) is 0 Å². The van der Waals surface area contributed by atoms with Crippen LogP contribution in [0.15, 0.2) is 41.3 Å². The summed E-state index contributed by atoms with van der Waals surface area (Å²) in [5.41, 5.74) is 11.6. The molecule has 1 fully saturated rings. The Morgan fingerprint density at radius 2 is 1.62 bits per heavy atom. The van der Waals surface area contributed by atoms with E-state index >= 15 is 0 Å². The third-order valence-electron chi connectivity index (χ3n) is 5.80. The van der Waals surface area contributed by atoms with E-state index in [0.717, 1.165) is 22.8 Å². The van der Waals surface area contributed by atoms with Gasteiger partial charge in [-0.3, -0.25) is 4.79 Å². The first-order valence-electron chi connectivity index (χ1n) is 10.5. The second kappa shape index (κ2) is 8.70. The van der Waals surface area contributed by atoms with Crippen molar-refractivity contribution in [2.45, 2.75) is 44.9 Å². The Balaban J connectivity index is 1.74. The first-order chi connectivity index (χ1) is 15.2. The highest BCUT2D eigenvalue weighted by Crippen LogP contribution is 2.36. The highest BCUT2D eigenvalue weighted by atomic mass is 32.2. The first-order valence-corrected chi connectivity index (χ1v) is 13.5. The highest BCUT2D eigenvalue weighted by Gasteiger charge is 2.37. The van der Waals surface area contributed by atoms with Crippen LogP contribution in [-0.4, -0.2) is 36.2 Å². The van der Waals surface area contributed by atoms with Gasteiger partial charge in [0.05, 0.1) is 6.08 Å². The van der Waals surface area contributed by atoms with E-state index in [-0.39, 0.29) is 32.6 Å². The van der Waals surface area contributed by atoms with Gasteiger partial charge in [0, 0.05) is 22.0 Å². The maximum Gasteiger partial charge on any atom is 0.364 e. The van der Waals surface area contributed by atoms with E-state index in [1.165, 1.54) is 41.7 Å². The van der Waals surface area contributed by atoms with Gasteiger partial charge >= 0.3 is 15.8 Å². The summed E-state index contributed by atoms with van der Waals surface area (Å²) < 4.78 is 32.3. The molecule has 1 aliphatic carbocycles. The number of ketones is 1. The molecule has 2 aromatic rings. The van der Waals surface area contributed by atoms with Gasteiger partial charge in [-0.1, -0.05) is 11.6 Å². The van der Waals surface area contributed by atoms with Gasteiger partial charge in [0.25, 0.3) is 5.78 Å². The smallest absolute Gasteiger partial charge is 0.364 e. The molecule has 0 aromatic heterocycles. The number of aryl methyl sites for hydroxylation is 3. The van der Waals surface area contributed by atoms with Crippen molar-refractivity contribution in [3.05, 3.63) is 69.8 Å². The molecule has 1 saturated heterocycles. The first kappa shape index (κ1) is 22.5. The minimum Gasteiger partial charge on any atom is -0.378 e. The summed E-state index contributed by atoms with van der Waals surface area (Å²) in [6.45, 7) is 5.52. The highest BCUT2D eigenvalue weighted by molar-refractivity contribution is 7.97. The number of hydrogen-bond donors (Lipinski definition) is 0. The van der Waals surface area contributed by atoms with E-state index in [1.807, 2.05) is 32.9 Å². The molecule has 0 saturated carbocycles. The molecule has 4 rings (SSSR count). The predicted octanol–water partition coefficient (Wildman–Crippen LogP) is 4.39. The second-order valence-corrected chi connectivity index (χ2v) is 12.0. The minimum absolute atomic E-state index is 0.162. The molecule has 8 heteroatoms. The van der Waals surface area contributed by atoms with Crippen LogP contribution in [0.5, 0.6) is 5.75 Å². The van der Waals surface area contributed by atoms with Crippen molar-refractivity contribution < 1.29 is 22.2 Å². The Morgan fingerprint density at radius 1 is 0.969 bits per heavy atom. The maximum absolute atomic E-state index is 13.4. The zero-order valence-electron chi connectivity index (χ0n) is 18.3. The largest absolute Gasteiger partial charge is 0.378 e. The fourth-order valence-electron chi connectivity index (χ4n) is 4.18. The number of carbonyl (C=O) groups excluding carboxylic acids is 1. The Kier molecular flexibility index (Phi) is 6.12. The van der Waals surface area contributed by atoms with Crippen LogP contribution in [-0.2, 0) is 21.0 Å². The van der Waals surface area contributed by atoms with Gasteiger partial charge in [-0.15, -0.1) is 0 Å². The maximum atomic E-state index is 13.4. The van der Waals surface area contributed by atoms with Gasteiger partial charge < -0.3 is 9.71 Å². The second-order valence-electron chi connectivity index (χ2n) is 8.26. The summed E-state index contributed by atoms with van der Waals surface area (Å²) in [6.07, 6.45) is 4.81. The van der Waals surface area contributed by atoms with Gasteiger partial charge in [0.15, 0.2) is 4.90 Å². The van der Waals surface area contributed by atoms with E-state index in [2.05, 4.69) is 4.79 Å². The molecule has 2 aliphatic rings. The van der Waals surface area contributed by atoms with Crippen molar-refractivity contribution in [2.75, 3.05) is 11.5 Å². The van der Waals surface area contributed by atoms with Crippen molar-refractivity contribution in [3.63, 3.8) is 0 Å². The number of nitrogens with zero attached hydrogens (tertiary/aromatic N) is 2. The third kappa shape index (κ3) is 4.18. The summed E-state index contributed by atoms with van der Waals surface area (Å²) in [7, 11) is -4.10. The quantitative estimate of drug-likeness (QED) is 0.287. The van der Waals surface area contributed by atoms with E-state index in [4.69, 9.17) is 4.18 Å². The van der Waals surface area contributed by atoms with Crippen molar-refractivity contribution in [2.24, 2.45) is 0 Å². The van der Waals surface area contributed by atoms with Crippen LogP contribution < -0.4 is 4.18 Å². The summed E-state index contributed by atoms with van der Waals surface area (Å²) in [4.78, 5) is 16.6. The summed E-state index contributed by atoms with van der Waals surface area (Å²) >= 11 is 0. The number of Topliss-reactive ketones (excluding diaryl/α,β-unsaturated/α-hetero) is 1. The SMILES string of the molecule is Cc1ccc2c(c1)C(S(=O)(=O)Oc1c(C)cc([S+]3CCCCC3)cc1C)=CC(=[N+]=[N-])C2=O. The van der Waals surface area contributed by atoms with Crippen LogP contribution in [0, 0.1) is 20.8 Å². The molecule has 2 aromatic carbocycles. The molecule has 0 unspecified atom stereocenters. The topological polar surface area (TPSA) is 96.8 Å². The number of rotatable bonds is 4. The summed E-state index contributed by atoms with van der Waals surface area (Å²) in [6, 6.07) is 8.94. The van der Waals surface area contributed by atoms with Gasteiger partial charge in [0.1, 0.15) is 22.2 Å². The van der Waals surface area contributed by atoms with Crippen LogP contribution >= 0.6 is 0 Å². The summed E-state index contributed by atoms with van der Waals surface area (Å²) in [5, 5.41) is 0. The number of allylic oxidation sites excluding steroid dienone is 1. The van der Waals surface area contributed by atoms with Gasteiger partial charge in [-0.2, -0.15) is 13.2 Å². The number of hydrogen-bond acceptors (Lipinski definition) is 4. The Hall–Kier alpha value is -2.67. The molecule has 0 radical (unpaired) electrons. The lowest BCUT2D eigenvalue weighted by atomic mass is 9.93. The number of benzene rings is 2. The fraction of sp³-hybridized carbons (Fsp3) is 0.333. The number of carbonyl (C=O) groups is 1. The lowest BCUT2D eigenvalue weighted by Crippen LogP contribution is -2.24. The molecule has 0 amide bonds. The lowest BCUT2D eigenvalue weighted by Gasteiger charge is -2.19. The predicted molar refractivity (Wildman–Crippen MR) is 127 cm³/mol. The molecule has 32 heavy (non-hydrogen) atoms. The van der Waals surface area contributed by atoms with Crippen LogP contribution in [0.2, 0.25) is 0 Å². The van der Waals surface area contributed by atoms with E-state index in [0.29, 0.717) is 5.75 Å². The van der Waals surface area contributed by atoms with E-state index in [9.17, 15) is 18.7 Å². The lowest BCUT2D eigenvalue weighted by molar-refractivity contribution is -0.00437. The van der Waals surface area contributed by atoms with Crippen LogP contribution in [0.25, 0.3) is 10.4 Å². The van der Waals surface area contributed by atoms with E-state index < -0.39 is 15.9 Å². The van der Waals surface area contributed by atoms with Crippen molar-refractivity contribution in [1.29, 1.82) is 0 Å². The molecular formula is C24H25N2O4S2+. The molecule has 0 spiro atoms. The average molecular weight is 470 g/mol. The molecule has 166 valence electrons. The van der Waals surface area contributed by atoms with Gasteiger partial charge in [-0.05, 0) is 75.4 Å². The number of fused-ring (bicyclic) bond motifs is 1. The zero-order valence-corrected chi connectivity index (χ0v) is 20.0. The average Bonchev–Trinajstić information content (AvgIpc) is 2.76. The molecule has 6 nitrogen and oxygen atoms in total. The van der Waals surface area contributed by atoms with Crippen molar-refractivity contribution in [1.82, 2.24) is 0 Å². The van der Waals surface area contributed by atoms with Gasteiger partial charge in [0.2, 0.25) is 0 Å². The molecule has 0 bridgehead atoms. The molecule has 1 heterocycles. The molecular weight excluding hydrogens is 444 g/mol. The third-order valence-corrected chi connectivity index (χ3v) is 9.53. The monoisotopic (exact) mass is 469 g/mol. The Bertz CT molecular complexity index is 1280. The Morgan fingerprint density at radius 3 is 2.25 bits per heavy atom. The van der Waals surface area contributed by atoms with Crippen LogP contribution in [0.3, 0.4) is 0 Å². The fourth-order valence-corrected chi connectivity index (χ4v) is 7.91. The standard InChI is InChI=1S/C24H25N2O4S2/c1-15-7-8-19-20(11-15)22(14-21(26-25)23(19)27)32(28,29)30-24-16(2)12-18(13-17(24)3)31-9-5-4-6-10-31/h7-8,11-14H,4-6,9-10H2,1-3H3/q+1. The molecule has 1 aliphatic heterocycles.